The van der Waals surface area contributed by atoms with Crippen molar-refractivity contribution in [2.45, 2.75) is 26.3 Å². The second-order valence-corrected chi connectivity index (χ2v) is 6.85. The number of hydrazone groups is 1. The summed E-state index contributed by atoms with van der Waals surface area (Å²) in [6, 6.07) is 13.2. The van der Waals surface area contributed by atoms with Gasteiger partial charge in [0.2, 0.25) is 5.91 Å². The Morgan fingerprint density at radius 3 is 2.78 bits per heavy atom. The molecule has 0 unspecified atom stereocenters. The van der Waals surface area contributed by atoms with Crippen LogP contribution in [0.2, 0.25) is 0 Å². The summed E-state index contributed by atoms with van der Waals surface area (Å²) in [5, 5.41) is 8.47. The Bertz CT molecular complexity index is 1040. The molecular weight excluding hydrogens is 362 g/mol. The summed E-state index contributed by atoms with van der Waals surface area (Å²) in [5.41, 5.74) is 4.61. The first-order valence-electron chi connectivity index (χ1n) is 8.57. The highest BCUT2D eigenvalue weighted by Crippen LogP contribution is 2.21. The Morgan fingerprint density at radius 2 is 1.96 bits per heavy atom. The van der Waals surface area contributed by atoms with Crippen LogP contribution in [0.1, 0.15) is 24.0 Å². The summed E-state index contributed by atoms with van der Waals surface area (Å²) in [6.07, 6.45) is 0.585. The van der Waals surface area contributed by atoms with Gasteiger partial charge in [-0.1, -0.05) is 29.8 Å². The average molecular weight is 379 g/mol. The lowest BCUT2D eigenvalue weighted by atomic mass is 10.1. The Labute approximate surface area is 160 Å². The third-order valence-electron chi connectivity index (χ3n) is 4.38. The van der Waals surface area contributed by atoms with Gasteiger partial charge in [-0.05, 0) is 25.1 Å². The number of rotatable bonds is 4. The Balaban J connectivity index is 1.50. The number of nitrogens with zero attached hydrogens (tertiary/aromatic N) is 4. The maximum atomic E-state index is 12.6. The van der Waals surface area contributed by atoms with Gasteiger partial charge in [-0.25, -0.2) is 5.01 Å². The molecule has 2 amide bonds. The fourth-order valence-corrected chi connectivity index (χ4v) is 3.46. The number of benzene rings is 2. The van der Waals surface area contributed by atoms with E-state index in [0.717, 1.165) is 33.9 Å². The molecule has 0 saturated carbocycles. The number of carbonyl (C=O) groups excluding carboxylic acids is 2. The van der Waals surface area contributed by atoms with E-state index >= 15 is 0 Å². The van der Waals surface area contributed by atoms with Crippen molar-refractivity contribution < 1.29 is 9.59 Å². The quantitative estimate of drug-likeness (QED) is 0.755. The number of amides is 2. The molecule has 2 aromatic carbocycles. The van der Waals surface area contributed by atoms with Crippen molar-refractivity contribution in [2.75, 3.05) is 5.01 Å². The minimum absolute atomic E-state index is 0.117. The highest BCUT2D eigenvalue weighted by Gasteiger charge is 2.25. The maximum Gasteiger partial charge on any atom is 0.267 e. The fraction of sp³-hybridized carbons (Fsp3) is 0.211. The molecule has 0 aliphatic carbocycles. The van der Waals surface area contributed by atoms with E-state index in [1.54, 1.807) is 0 Å². The predicted octanol–water partition coefficient (Wildman–Crippen LogP) is 2.80. The lowest BCUT2D eigenvalue weighted by Crippen LogP contribution is -2.38. The molecule has 0 bridgehead atoms. The topological polar surface area (TPSA) is 87.6 Å². The van der Waals surface area contributed by atoms with Crippen LogP contribution in [-0.2, 0) is 16.1 Å². The van der Waals surface area contributed by atoms with Crippen LogP contribution in [-0.4, -0.2) is 26.3 Å². The summed E-state index contributed by atoms with van der Waals surface area (Å²) < 4.78 is 8.48. The first-order chi connectivity index (χ1) is 13.1. The number of fused-ring (bicyclic) bond motifs is 1. The smallest absolute Gasteiger partial charge is 0.267 e. The van der Waals surface area contributed by atoms with E-state index in [-0.39, 0.29) is 18.2 Å². The average Bonchev–Trinajstić information content (AvgIpc) is 3.17. The van der Waals surface area contributed by atoms with E-state index in [1.165, 1.54) is 5.01 Å². The monoisotopic (exact) mass is 379 g/mol. The third kappa shape index (κ3) is 3.56. The van der Waals surface area contributed by atoms with Crippen molar-refractivity contribution in [3.05, 3.63) is 53.6 Å². The van der Waals surface area contributed by atoms with Crippen LogP contribution in [0.25, 0.3) is 11.0 Å². The van der Waals surface area contributed by atoms with Crippen LogP contribution < -0.4 is 10.3 Å². The van der Waals surface area contributed by atoms with Crippen molar-refractivity contribution in [2.24, 2.45) is 5.10 Å². The van der Waals surface area contributed by atoms with Crippen LogP contribution in [0.3, 0.4) is 0 Å². The van der Waals surface area contributed by atoms with E-state index in [9.17, 15) is 9.59 Å². The SMILES string of the molecule is Cc1ccc(N2N=C(C(=O)NCc3cccc4nsnc34)CCC2=O)cc1. The molecule has 0 atom stereocenters. The summed E-state index contributed by atoms with van der Waals surface area (Å²) in [7, 11) is 0. The van der Waals surface area contributed by atoms with Gasteiger partial charge in [0, 0.05) is 24.9 Å². The molecule has 0 radical (unpaired) electrons. The lowest BCUT2D eigenvalue weighted by Gasteiger charge is -2.23. The summed E-state index contributed by atoms with van der Waals surface area (Å²) >= 11 is 1.15. The van der Waals surface area contributed by atoms with Crippen molar-refractivity contribution >= 4 is 46.0 Å². The zero-order chi connectivity index (χ0) is 18.8. The van der Waals surface area contributed by atoms with Gasteiger partial charge < -0.3 is 5.32 Å². The molecular formula is C19H17N5O2S. The van der Waals surface area contributed by atoms with Crippen LogP contribution in [0.4, 0.5) is 5.69 Å². The maximum absolute atomic E-state index is 12.6. The number of nitrogens with one attached hydrogen (secondary N) is 1. The minimum Gasteiger partial charge on any atom is -0.347 e. The normalized spacial score (nSPS) is 14.3. The standard InChI is InChI=1S/C19H17N5O2S/c1-12-5-7-14(8-6-12)24-17(25)10-9-16(21-24)19(26)20-11-13-3-2-4-15-18(13)23-27-22-15/h2-8H,9-11H2,1H3,(H,20,26). The fourth-order valence-electron chi connectivity index (χ4n) is 2.89. The molecule has 1 aromatic heterocycles. The Morgan fingerprint density at radius 1 is 1.15 bits per heavy atom. The highest BCUT2D eigenvalue weighted by molar-refractivity contribution is 7.00. The molecule has 1 N–H and O–H groups in total. The minimum atomic E-state index is -0.278. The molecule has 1 aliphatic heterocycles. The molecule has 2 heterocycles. The summed E-state index contributed by atoms with van der Waals surface area (Å²) in [4.78, 5) is 24.8. The molecule has 4 rings (SSSR count). The van der Waals surface area contributed by atoms with Crippen molar-refractivity contribution in [3.8, 4) is 0 Å². The third-order valence-corrected chi connectivity index (χ3v) is 4.92. The van der Waals surface area contributed by atoms with Gasteiger partial charge in [-0.3, -0.25) is 9.59 Å². The van der Waals surface area contributed by atoms with E-state index in [1.807, 2.05) is 49.4 Å². The Kier molecular flexibility index (Phi) is 4.64. The van der Waals surface area contributed by atoms with E-state index < -0.39 is 0 Å². The number of carbonyl (C=O) groups is 2. The molecule has 1 aliphatic rings. The lowest BCUT2D eigenvalue weighted by molar-refractivity contribution is -0.119. The molecule has 0 fully saturated rings. The first kappa shape index (κ1) is 17.3. The van der Waals surface area contributed by atoms with Crippen molar-refractivity contribution in [1.82, 2.24) is 14.1 Å². The van der Waals surface area contributed by atoms with Crippen LogP contribution >= 0.6 is 11.7 Å². The Hall–Kier alpha value is -3.13. The molecule has 27 heavy (non-hydrogen) atoms. The van der Waals surface area contributed by atoms with Crippen LogP contribution in [0.5, 0.6) is 0 Å². The largest absolute Gasteiger partial charge is 0.347 e. The van der Waals surface area contributed by atoms with Gasteiger partial charge in [0.15, 0.2) is 0 Å². The number of anilines is 1. The molecule has 0 saturated heterocycles. The molecule has 136 valence electrons. The molecule has 8 heteroatoms. The highest BCUT2D eigenvalue weighted by atomic mass is 32.1. The summed E-state index contributed by atoms with van der Waals surface area (Å²) in [6.45, 7) is 2.31. The van der Waals surface area contributed by atoms with Crippen molar-refractivity contribution in [3.63, 3.8) is 0 Å². The van der Waals surface area contributed by atoms with E-state index in [0.29, 0.717) is 24.4 Å². The molecule has 0 spiro atoms. The second kappa shape index (κ2) is 7.24. The van der Waals surface area contributed by atoms with Gasteiger partial charge >= 0.3 is 0 Å². The first-order valence-corrected chi connectivity index (χ1v) is 9.30. The van der Waals surface area contributed by atoms with Crippen molar-refractivity contribution in [1.29, 1.82) is 0 Å². The van der Waals surface area contributed by atoms with Gasteiger partial charge in [0.05, 0.1) is 17.4 Å². The van der Waals surface area contributed by atoms with Crippen LogP contribution in [0.15, 0.2) is 47.6 Å². The van der Waals surface area contributed by atoms with Gasteiger partial charge in [0.25, 0.3) is 5.91 Å². The predicted molar refractivity (Wildman–Crippen MR) is 105 cm³/mol. The zero-order valence-corrected chi connectivity index (χ0v) is 15.5. The number of aryl methyl sites for hydroxylation is 1. The van der Waals surface area contributed by atoms with Gasteiger partial charge in [-0.15, -0.1) is 0 Å². The van der Waals surface area contributed by atoms with Gasteiger partial charge in [-0.2, -0.15) is 13.8 Å². The van der Waals surface area contributed by atoms with Gasteiger partial charge in [0.1, 0.15) is 16.7 Å². The van der Waals surface area contributed by atoms with E-state index in [4.69, 9.17) is 0 Å². The zero-order valence-electron chi connectivity index (χ0n) is 14.7. The summed E-state index contributed by atoms with van der Waals surface area (Å²) in [5.74, 6) is -0.395. The molecule has 7 nitrogen and oxygen atoms in total. The number of hydrogen-bond acceptors (Lipinski definition) is 6. The number of hydrogen-bond donors (Lipinski definition) is 1. The van der Waals surface area contributed by atoms with Crippen LogP contribution in [0, 0.1) is 6.92 Å². The molecule has 3 aromatic rings. The second-order valence-electron chi connectivity index (χ2n) is 6.32. The van der Waals surface area contributed by atoms with E-state index in [2.05, 4.69) is 19.2 Å². The number of aromatic nitrogens is 2.